The molecule has 0 spiro atoms. The van der Waals surface area contributed by atoms with Crippen molar-refractivity contribution in [1.82, 2.24) is 0 Å². The number of esters is 1. The summed E-state index contributed by atoms with van der Waals surface area (Å²) in [5, 5.41) is 9.96. The molecule has 0 heterocycles. The van der Waals surface area contributed by atoms with Gasteiger partial charge < -0.3 is 14.6 Å². The number of aliphatic hydroxyl groups excluding tert-OH is 1. The minimum absolute atomic E-state index is 0.0680. The highest BCUT2D eigenvalue weighted by Gasteiger charge is 2.09. The largest absolute Gasteiger partial charge is 0.494 e. The summed E-state index contributed by atoms with van der Waals surface area (Å²) in [4.78, 5) is 22.5. The van der Waals surface area contributed by atoms with Gasteiger partial charge in [-0.2, -0.15) is 0 Å². The third-order valence-electron chi connectivity index (χ3n) is 5.12. The minimum Gasteiger partial charge on any atom is -0.494 e. The Balaban J connectivity index is 1.93. The molecule has 5 nitrogen and oxygen atoms in total. The summed E-state index contributed by atoms with van der Waals surface area (Å²) < 4.78 is 10.8. The van der Waals surface area contributed by atoms with Crippen LogP contribution in [-0.4, -0.2) is 36.7 Å². The van der Waals surface area contributed by atoms with Gasteiger partial charge in [0.2, 0.25) is 0 Å². The molecule has 1 N–H and O–H groups in total. The molecule has 0 unspecified atom stereocenters. The lowest BCUT2D eigenvalue weighted by Crippen LogP contribution is -2.18. The molecule has 0 bridgehead atoms. The van der Waals surface area contributed by atoms with Gasteiger partial charge in [0.15, 0.2) is 0 Å². The quantitative estimate of drug-likeness (QED) is 0.172. The molecule has 0 aromatic heterocycles. The Morgan fingerprint density at radius 1 is 1.00 bits per heavy atom. The van der Waals surface area contributed by atoms with Gasteiger partial charge in [0, 0.05) is 12.0 Å². The first kappa shape index (κ1) is 26.2. The first-order valence-electron chi connectivity index (χ1n) is 11.7. The van der Waals surface area contributed by atoms with Crippen LogP contribution < -0.4 is 4.74 Å². The highest BCUT2D eigenvalue weighted by Crippen LogP contribution is 2.13. The van der Waals surface area contributed by atoms with Crippen molar-refractivity contribution in [3.05, 3.63) is 29.8 Å². The maximum Gasteiger partial charge on any atom is 0.305 e. The number of ether oxygens (including phenoxy) is 2. The average molecular weight is 421 g/mol. The predicted molar refractivity (Wildman–Crippen MR) is 120 cm³/mol. The summed E-state index contributed by atoms with van der Waals surface area (Å²) in [6.45, 7) is 2.82. The Morgan fingerprint density at radius 3 is 2.40 bits per heavy atom. The van der Waals surface area contributed by atoms with Crippen molar-refractivity contribution in [2.24, 2.45) is 0 Å². The molecule has 1 aromatic carbocycles. The van der Waals surface area contributed by atoms with Crippen LogP contribution in [0.3, 0.4) is 0 Å². The van der Waals surface area contributed by atoms with Gasteiger partial charge in [0.25, 0.3) is 0 Å². The zero-order chi connectivity index (χ0) is 21.9. The van der Waals surface area contributed by atoms with Crippen LogP contribution >= 0.6 is 0 Å². The summed E-state index contributed by atoms with van der Waals surface area (Å²) >= 11 is 0. The van der Waals surface area contributed by atoms with Gasteiger partial charge in [0.05, 0.1) is 12.7 Å². The normalized spacial score (nSPS) is 11.8. The molecule has 1 aromatic rings. The number of benzene rings is 1. The van der Waals surface area contributed by atoms with Crippen molar-refractivity contribution < 1.29 is 24.2 Å². The van der Waals surface area contributed by atoms with Crippen LogP contribution in [0.2, 0.25) is 0 Å². The first-order valence-corrected chi connectivity index (χ1v) is 11.7. The van der Waals surface area contributed by atoms with Crippen LogP contribution in [0.15, 0.2) is 24.3 Å². The summed E-state index contributed by atoms with van der Waals surface area (Å²) in [6, 6.07) is 7.03. The Morgan fingerprint density at radius 2 is 1.70 bits per heavy atom. The second-order valence-corrected chi connectivity index (χ2v) is 7.95. The molecule has 0 saturated heterocycles. The monoisotopic (exact) mass is 420 g/mol. The third-order valence-corrected chi connectivity index (χ3v) is 5.12. The Hall–Kier alpha value is -1.88. The van der Waals surface area contributed by atoms with Crippen LogP contribution in [0.1, 0.15) is 101 Å². The van der Waals surface area contributed by atoms with Gasteiger partial charge in [-0.3, -0.25) is 9.59 Å². The molecule has 170 valence electrons. The van der Waals surface area contributed by atoms with Crippen molar-refractivity contribution in [2.45, 2.75) is 96.5 Å². The van der Waals surface area contributed by atoms with E-state index in [9.17, 15) is 14.7 Å². The average Bonchev–Trinajstić information content (AvgIpc) is 2.76. The fraction of sp³-hybridized carbons (Fsp3) is 0.680. The van der Waals surface area contributed by atoms with Crippen molar-refractivity contribution >= 4 is 12.3 Å². The minimum atomic E-state index is -0.629. The van der Waals surface area contributed by atoms with E-state index in [1.165, 1.54) is 44.9 Å². The van der Waals surface area contributed by atoms with Crippen LogP contribution in [0.5, 0.6) is 5.75 Å². The van der Waals surface area contributed by atoms with Gasteiger partial charge in [-0.25, -0.2) is 0 Å². The fourth-order valence-corrected chi connectivity index (χ4v) is 3.27. The number of carbonyl (C=O) groups excluding carboxylic acids is 2. The van der Waals surface area contributed by atoms with Crippen molar-refractivity contribution in [3.8, 4) is 5.75 Å². The number of rotatable bonds is 19. The second-order valence-electron chi connectivity index (χ2n) is 7.95. The van der Waals surface area contributed by atoms with E-state index in [0.29, 0.717) is 30.8 Å². The van der Waals surface area contributed by atoms with E-state index in [1.807, 2.05) is 6.07 Å². The second kappa shape index (κ2) is 17.9. The van der Waals surface area contributed by atoms with Crippen LogP contribution in [-0.2, 0) is 9.53 Å². The Kier molecular flexibility index (Phi) is 15.6. The van der Waals surface area contributed by atoms with E-state index >= 15 is 0 Å². The molecule has 0 amide bonds. The summed E-state index contributed by atoms with van der Waals surface area (Å²) in [5.74, 6) is 0.459. The van der Waals surface area contributed by atoms with Crippen LogP contribution in [0.25, 0.3) is 0 Å². The van der Waals surface area contributed by atoms with Crippen molar-refractivity contribution in [1.29, 1.82) is 0 Å². The first-order chi connectivity index (χ1) is 14.7. The number of aldehydes is 1. The highest BCUT2D eigenvalue weighted by molar-refractivity contribution is 5.75. The molecule has 0 aliphatic rings. The summed E-state index contributed by atoms with van der Waals surface area (Å²) in [6.07, 6.45) is 13.7. The summed E-state index contributed by atoms with van der Waals surface area (Å²) in [5.41, 5.74) is 0.590. The molecule has 1 atom stereocenters. The highest BCUT2D eigenvalue weighted by atomic mass is 16.5. The molecule has 0 saturated carbocycles. The zero-order valence-electron chi connectivity index (χ0n) is 18.7. The molecular formula is C25H40O5. The third kappa shape index (κ3) is 14.2. The maximum atomic E-state index is 11.8. The van der Waals surface area contributed by atoms with E-state index < -0.39 is 6.10 Å². The van der Waals surface area contributed by atoms with E-state index in [2.05, 4.69) is 6.92 Å². The van der Waals surface area contributed by atoms with Crippen molar-refractivity contribution in [2.75, 3.05) is 13.2 Å². The zero-order valence-corrected chi connectivity index (χ0v) is 18.7. The lowest BCUT2D eigenvalue weighted by atomic mass is 10.1. The fourth-order valence-electron chi connectivity index (χ4n) is 3.27. The number of aliphatic hydroxyl groups is 1. The molecule has 0 aliphatic carbocycles. The predicted octanol–water partition coefficient (Wildman–Crippen LogP) is 5.87. The lowest BCUT2D eigenvalue weighted by molar-refractivity contribution is -0.146. The smallest absolute Gasteiger partial charge is 0.305 e. The van der Waals surface area contributed by atoms with Crippen LogP contribution in [0.4, 0.5) is 0 Å². The van der Waals surface area contributed by atoms with Gasteiger partial charge in [0.1, 0.15) is 18.6 Å². The van der Waals surface area contributed by atoms with E-state index in [-0.39, 0.29) is 12.6 Å². The maximum absolute atomic E-state index is 11.8. The SMILES string of the molecule is CCCCCCCCCCCC(=O)OC[C@H](O)CCCCOc1cccc(C=O)c1. The number of unbranched alkanes of at least 4 members (excludes halogenated alkanes) is 9. The standard InChI is InChI=1S/C25H40O5/c1-2-3-4-5-6-7-8-9-10-17-25(28)30-21-23(27)15-11-12-18-29-24-16-13-14-22(19-24)20-26/h13-14,16,19-20,23,27H,2-12,15,17-18,21H2,1H3/t23-/m1/s1. The van der Waals surface area contributed by atoms with E-state index in [0.717, 1.165) is 32.0 Å². The number of hydrogen-bond acceptors (Lipinski definition) is 5. The summed E-state index contributed by atoms with van der Waals surface area (Å²) in [7, 11) is 0. The van der Waals surface area contributed by atoms with Crippen molar-refractivity contribution in [3.63, 3.8) is 0 Å². The molecule has 30 heavy (non-hydrogen) atoms. The van der Waals surface area contributed by atoms with Crippen LogP contribution in [0, 0.1) is 0 Å². The van der Waals surface area contributed by atoms with E-state index in [1.54, 1.807) is 18.2 Å². The van der Waals surface area contributed by atoms with Gasteiger partial charge >= 0.3 is 5.97 Å². The van der Waals surface area contributed by atoms with Gasteiger partial charge in [-0.05, 0) is 37.8 Å². The topological polar surface area (TPSA) is 72.8 Å². The number of carbonyl (C=O) groups is 2. The number of hydrogen-bond donors (Lipinski definition) is 1. The molecular weight excluding hydrogens is 380 g/mol. The lowest BCUT2D eigenvalue weighted by Gasteiger charge is -2.12. The molecule has 1 rings (SSSR count). The van der Waals surface area contributed by atoms with Gasteiger partial charge in [-0.15, -0.1) is 0 Å². The Bertz CT molecular complexity index is 572. The van der Waals surface area contributed by atoms with E-state index in [4.69, 9.17) is 9.47 Å². The molecule has 0 aliphatic heterocycles. The Labute approximate surface area is 182 Å². The molecule has 5 heteroatoms. The molecule has 0 fully saturated rings. The van der Waals surface area contributed by atoms with Gasteiger partial charge in [-0.1, -0.05) is 70.4 Å². The molecule has 0 radical (unpaired) electrons.